The van der Waals surface area contributed by atoms with Crippen molar-refractivity contribution in [2.24, 2.45) is 10.7 Å². The summed E-state index contributed by atoms with van der Waals surface area (Å²) >= 11 is 0. The second-order valence-electron chi connectivity index (χ2n) is 7.97. The van der Waals surface area contributed by atoms with Crippen LogP contribution in [0.1, 0.15) is 29.2 Å². The number of aliphatic imine (C=N–C) groups is 1. The average molecular weight is 406 g/mol. The third-order valence-corrected chi connectivity index (χ3v) is 6.17. The Balaban J connectivity index is 1.56. The number of benzene rings is 2. The lowest BCUT2D eigenvalue weighted by Gasteiger charge is -2.27. The number of nitrogens with one attached hydrogen (secondary N) is 1. The Bertz CT molecular complexity index is 1110. The Morgan fingerprint density at radius 1 is 1.03 bits per heavy atom. The van der Waals surface area contributed by atoms with Crippen molar-refractivity contribution in [3.05, 3.63) is 48.0 Å². The van der Waals surface area contributed by atoms with E-state index in [0.717, 1.165) is 63.1 Å². The quantitative estimate of drug-likeness (QED) is 0.506. The highest BCUT2D eigenvalue weighted by Crippen LogP contribution is 2.35. The lowest BCUT2D eigenvalue weighted by Crippen LogP contribution is -2.49. The minimum absolute atomic E-state index is 0.295. The summed E-state index contributed by atoms with van der Waals surface area (Å²) in [6.45, 7) is 4.76. The van der Waals surface area contributed by atoms with E-state index in [4.69, 9.17) is 10.5 Å². The van der Waals surface area contributed by atoms with Crippen molar-refractivity contribution in [1.29, 1.82) is 0 Å². The molecule has 2 fully saturated rings. The number of amides is 1. The molecular weight excluding hydrogens is 378 g/mol. The van der Waals surface area contributed by atoms with Gasteiger partial charge < -0.3 is 25.3 Å². The summed E-state index contributed by atoms with van der Waals surface area (Å²) in [6.07, 6.45) is 1.94. The molecule has 0 bridgehead atoms. The van der Waals surface area contributed by atoms with Crippen molar-refractivity contribution in [1.82, 2.24) is 14.8 Å². The molecule has 0 aliphatic carbocycles. The normalized spacial score (nSPS) is 18.9. The highest BCUT2D eigenvalue weighted by atomic mass is 16.5. The first kappa shape index (κ1) is 19.1. The number of rotatable bonds is 2. The van der Waals surface area contributed by atoms with E-state index in [9.17, 15) is 4.79 Å². The molecule has 1 aromatic heterocycles. The van der Waals surface area contributed by atoms with E-state index in [1.807, 2.05) is 23.1 Å². The zero-order valence-electron chi connectivity index (χ0n) is 17.0. The summed E-state index contributed by atoms with van der Waals surface area (Å²) in [5.41, 5.74) is 8.96. The van der Waals surface area contributed by atoms with E-state index < -0.39 is 0 Å². The van der Waals surface area contributed by atoms with Gasteiger partial charge in [0.25, 0.3) is 5.91 Å². The molecule has 1 amide bonds. The van der Waals surface area contributed by atoms with E-state index in [1.54, 1.807) is 0 Å². The van der Waals surface area contributed by atoms with Crippen molar-refractivity contribution >= 4 is 33.7 Å². The van der Waals surface area contributed by atoms with Gasteiger partial charge in [-0.05, 0) is 31.0 Å². The molecule has 0 radical (unpaired) electrons. The monoisotopic (exact) mass is 405 g/mol. The van der Waals surface area contributed by atoms with E-state index in [0.29, 0.717) is 17.6 Å². The van der Waals surface area contributed by atoms with Crippen molar-refractivity contribution in [3.63, 3.8) is 0 Å². The Kier molecular flexibility index (Phi) is 5.14. The Hall–Kier alpha value is -2.90. The van der Waals surface area contributed by atoms with Gasteiger partial charge in [0, 0.05) is 67.3 Å². The first-order chi connectivity index (χ1) is 14.7. The van der Waals surface area contributed by atoms with E-state index in [2.05, 4.69) is 39.1 Å². The predicted octanol–water partition coefficient (Wildman–Crippen LogP) is 2.51. The number of piperazine rings is 1. The Labute approximate surface area is 175 Å². The lowest BCUT2D eigenvalue weighted by atomic mass is 10.1. The number of aromatic nitrogens is 1. The number of nitrogens with zero attached hydrogens (tertiary/aromatic N) is 3. The van der Waals surface area contributed by atoms with Crippen LogP contribution in [0.3, 0.4) is 0 Å². The molecule has 30 heavy (non-hydrogen) atoms. The zero-order valence-corrected chi connectivity index (χ0v) is 17.0. The van der Waals surface area contributed by atoms with Crippen molar-refractivity contribution in [2.75, 3.05) is 39.4 Å². The molecule has 3 N–H and O–H groups in total. The van der Waals surface area contributed by atoms with Gasteiger partial charge in [-0.25, -0.2) is 0 Å². The minimum atomic E-state index is -0.295. The van der Waals surface area contributed by atoms with Gasteiger partial charge in [0.15, 0.2) is 5.96 Å². The molecule has 0 atom stereocenters. The van der Waals surface area contributed by atoms with Gasteiger partial charge in [0.05, 0.1) is 5.52 Å². The van der Waals surface area contributed by atoms with Crippen molar-refractivity contribution in [2.45, 2.75) is 18.9 Å². The van der Waals surface area contributed by atoms with Crippen LogP contribution in [0.5, 0.6) is 0 Å². The maximum absolute atomic E-state index is 12.9. The van der Waals surface area contributed by atoms with Crippen molar-refractivity contribution < 1.29 is 9.53 Å². The maximum atomic E-state index is 12.9. The standard InChI is InChI=1S/C23H27N5O2/c24-23(27-11-9-25-10-12-27)26-22(29)16-5-6-19-18-3-1-2-4-20(18)28(21(19)15-16)17-7-13-30-14-8-17/h1-6,15,17,25H,7-14H2,(H2,24,26,29). The number of fused-ring (bicyclic) bond motifs is 3. The first-order valence-corrected chi connectivity index (χ1v) is 10.7. The van der Waals surface area contributed by atoms with Crippen LogP contribution in [0.25, 0.3) is 21.8 Å². The number of hydrogen-bond acceptors (Lipinski definition) is 3. The van der Waals surface area contributed by atoms with Crippen LogP contribution in [0, 0.1) is 0 Å². The van der Waals surface area contributed by atoms with Crippen LogP contribution >= 0.6 is 0 Å². The summed E-state index contributed by atoms with van der Waals surface area (Å²) in [5.74, 6) is 0.00304. The molecule has 0 saturated carbocycles. The van der Waals surface area contributed by atoms with Crippen LogP contribution < -0.4 is 11.1 Å². The molecule has 7 heteroatoms. The zero-order chi connectivity index (χ0) is 20.5. The summed E-state index contributed by atoms with van der Waals surface area (Å²) in [6, 6.07) is 14.7. The number of nitrogens with two attached hydrogens (primary N) is 1. The lowest BCUT2D eigenvalue weighted by molar-refractivity contribution is 0.0717. The molecule has 2 aliphatic rings. The van der Waals surface area contributed by atoms with Gasteiger partial charge in [0.2, 0.25) is 0 Å². The SMILES string of the molecule is NC(=NC(=O)c1ccc2c3ccccc3n(C3CCOCC3)c2c1)N1CCNCC1. The van der Waals surface area contributed by atoms with Gasteiger partial charge in [0.1, 0.15) is 0 Å². The van der Waals surface area contributed by atoms with Gasteiger partial charge in [-0.2, -0.15) is 4.99 Å². The predicted molar refractivity (Wildman–Crippen MR) is 119 cm³/mol. The molecule has 5 rings (SSSR count). The molecular formula is C23H27N5O2. The van der Waals surface area contributed by atoms with E-state index >= 15 is 0 Å². The molecule has 3 heterocycles. The van der Waals surface area contributed by atoms with Crippen LogP contribution in [-0.4, -0.2) is 60.7 Å². The highest BCUT2D eigenvalue weighted by molar-refractivity contribution is 6.11. The molecule has 2 aliphatic heterocycles. The third kappa shape index (κ3) is 3.44. The van der Waals surface area contributed by atoms with Gasteiger partial charge in [-0.15, -0.1) is 0 Å². The number of carbonyl (C=O) groups is 1. The third-order valence-electron chi connectivity index (χ3n) is 6.17. The topological polar surface area (TPSA) is 84.9 Å². The van der Waals surface area contributed by atoms with E-state index in [-0.39, 0.29) is 5.91 Å². The summed E-state index contributed by atoms with van der Waals surface area (Å²) < 4.78 is 7.96. The van der Waals surface area contributed by atoms with Gasteiger partial charge >= 0.3 is 0 Å². The maximum Gasteiger partial charge on any atom is 0.280 e. The molecule has 156 valence electrons. The number of guanidine groups is 1. The van der Waals surface area contributed by atoms with Gasteiger partial charge in [-0.1, -0.05) is 24.3 Å². The molecule has 0 unspecified atom stereocenters. The molecule has 2 aromatic carbocycles. The molecule has 7 nitrogen and oxygen atoms in total. The first-order valence-electron chi connectivity index (χ1n) is 10.7. The number of carbonyl (C=O) groups excluding carboxylic acids is 1. The van der Waals surface area contributed by atoms with Crippen LogP contribution in [0.15, 0.2) is 47.5 Å². The Morgan fingerprint density at radius 2 is 1.77 bits per heavy atom. The molecule has 3 aromatic rings. The average Bonchev–Trinajstić information content (AvgIpc) is 3.14. The fourth-order valence-corrected chi connectivity index (χ4v) is 4.60. The number of hydrogen-bond donors (Lipinski definition) is 2. The minimum Gasteiger partial charge on any atom is -0.381 e. The highest BCUT2D eigenvalue weighted by Gasteiger charge is 2.22. The second-order valence-corrected chi connectivity index (χ2v) is 7.97. The van der Waals surface area contributed by atoms with Gasteiger partial charge in [-0.3, -0.25) is 4.79 Å². The van der Waals surface area contributed by atoms with Crippen LogP contribution in [-0.2, 0) is 4.74 Å². The fourth-order valence-electron chi connectivity index (χ4n) is 4.60. The summed E-state index contributed by atoms with van der Waals surface area (Å²) in [5, 5.41) is 5.65. The summed E-state index contributed by atoms with van der Waals surface area (Å²) in [7, 11) is 0. The smallest absolute Gasteiger partial charge is 0.280 e. The van der Waals surface area contributed by atoms with Crippen LogP contribution in [0.2, 0.25) is 0 Å². The number of para-hydroxylation sites is 1. The molecule has 0 spiro atoms. The molecule has 2 saturated heterocycles. The van der Waals surface area contributed by atoms with Crippen LogP contribution in [0.4, 0.5) is 0 Å². The summed E-state index contributed by atoms with van der Waals surface area (Å²) in [4.78, 5) is 19.1. The second kappa shape index (κ2) is 8.08. The number of ether oxygens (including phenoxy) is 1. The van der Waals surface area contributed by atoms with E-state index in [1.165, 1.54) is 10.9 Å². The largest absolute Gasteiger partial charge is 0.381 e. The fraction of sp³-hybridized carbons (Fsp3) is 0.391. The Morgan fingerprint density at radius 3 is 2.57 bits per heavy atom. The van der Waals surface area contributed by atoms with Crippen molar-refractivity contribution in [3.8, 4) is 0 Å².